The van der Waals surface area contributed by atoms with E-state index in [4.69, 9.17) is 0 Å². The molecule has 1 fully saturated rings. The number of hydrogen-bond acceptors (Lipinski definition) is 3. The summed E-state index contributed by atoms with van der Waals surface area (Å²) in [5.41, 5.74) is 0. The van der Waals surface area contributed by atoms with Gasteiger partial charge in [0.25, 0.3) is 0 Å². The van der Waals surface area contributed by atoms with E-state index in [2.05, 4.69) is 5.32 Å². The maximum Gasteiger partial charge on any atom is 0.153 e. The maximum absolute atomic E-state index is 11.8. The maximum atomic E-state index is 11.8. The van der Waals surface area contributed by atoms with Crippen molar-refractivity contribution < 1.29 is 8.42 Å². The van der Waals surface area contributed by atoms with E-state index in [0.29, 0.717) is 11.8 Å². The molecule has 0 aliphatic heterocycles. The minimum atomic E-state index is -2.79. The Morgan fingerprint density at radius 3 is 2.21 bits per heavy atom. The highest BCUT2D eigenvalue weighted by Crippen LogP contribution is 2.24. The van der Waals surface area contributed by atoms with Crippen molar-refractivity contribution in [2.45, 2.75) is 50.3 Å². The number of rotatable bonds is 4. The standard InChI is InChI=1S/C10H21NO2S/c1-3-8-14(12,13)10-6-4-9(11-2)5-7-10/h9-11H,3-8H2,1-2H3. The molecule has 3 nitrogen and oxygen atoms in total. The molecule has 1 aliphatic carbocycles. The van der Waals surface area contributed by atoms with Crippen LogP contribution in [-0.2, 0) is 9.84 Å². The fourth-order valence-corrected chi connectivity index (χ4v) is 4.05. The van der Waals surface area contributed by atoms with Crippen LogP contribution >= 0.6 is 0 Å². The number of hydrogen-bond donors (Lipinski definition) is 1. The lowest BCUT2D eigenvalue weighted by Gasteiger charge is -2.27. The zero-order valence-electron chi connectivity index (χ0n) is 9.12. The van der Waals surface area contributed by atoms with E-state index >= 15 is 0 Å². The Hall–Kier alpha value is -0.0900. The van der Waals surface area contributed by atoms with Crippen LogP contribution in [-0.4, -0.2) is 32.5 Å². The second-order valence-electron chi connectivity index (χ2n) is 4.13. The third-order valence-electron chi connectivity index (χ3n) is 3.08. The first-order chi connectivity index (χ1) is 6.60. The van der Waals surface area contributed by atoms with Gasteiger partial charge in [-0.1, -0.05) is 6.92 Å². The summed E-state index contributed by atoms with van der Waals surface area (Å²) >= 11 is 0. The van der Waals surface area contributed by atoms with E-state index in [0.717, 1.165) is 32.1 Å². The van der Waals surface area contributed by atoms with Crippen LogP contribution in [0.3, 0.4) is 0 Å². The molecule has 0 unspecified atom stereocenters. The molecule has 1 N–H and O–H groups in total. The van der Waals surface area contributed by atoms with Crippen molar-refractivity contribution in [1.29, 1.82) is 0 Å². The Kier molecular flexibility index (Phi) is 4.38. The molecule has 0 aromatic heterocycles. The van der Waals surface area contributed by atoms with E-state index < -0.39 is 9.84 Å². The first-order valence-corrected chi connectivity index (χ1v) is 7.20. The van der Waals surface area contributed by atoms with Gasteiger partial charge in [-0.25, -0.2) is 8.42 Å². The van der Waals surface area contributed by atoms with E-state index in [1.54, 1.807) is 0 Å². The zero-order valence-corrected chi connectivity index (χ0v) is 9.94. The molecular weight excluding hydrogens is 198 g/mol. The van der Waals surface area contributed by atoms with Crippen LogP contribution in [0.5, 0.6) is 0 Å². The molecule has 0 heterocycles. The molecule has 4 heteroatoms. The SMILES string of the molecule is CCCS(=O)(=O)C1CCC(NC)CC1. The summed E-state index contributed by atoms with van der Waals surface area (Å²) in [6.07, 6.45) is 4.43. The van der Waals surface area contributed by atoms with Gasteiger partial charge in [0, 0.05) is 6.04 Å². The van der Waals surface area contributed by atoms with Crippen LogP contribution in [0.1, 0.15) is 39.0 Å². The Bertz CT molecular complexity index is 253. The molecule has 0 saturated heterocycles. The fraction of sp³-hybridized carbons (Fsp3) is 1.00. The van der Waals surface area contributed by atoms with Gasteiger partial charge in [-0.2, -0.15) is 0 Å². The van der Waals surface area contributed by atoms with E-state index in [1.165, 1.54) is 0 Å². The molecule has 0 radical (unpaired) electrons. The fourth-order valence-electron chi connectivity index (χ4n) is 2.16. The average Bonchev–Trinajstić information content (AvgIpc) is 2.18. The first-order valence-electron chi connectivity index (χ1n) is 5.49. The topological polar surface area (TPSA) is 46.2 Å². The Morgan fingerprint density at radius 2 is 1.79 bits per heavy atom. The van der Waals surface area contributed by atoms with Crippen molar-refractivity contribution in [3.8, 4) is 0 Å². The van der Waals surface area contributed by atoms with Gasteiger partial charge in [-0.15, -0.1) is 0 Å². The van der Waals surface area contributed by atoms with Crippen LogP contribution in [0.2, 0.25) is 0 Å². The summed E-state index contributed by atoms with van der Waals surface area (Å²) in [5.74, 6) is 0.363. The van der Waals surface area contributed by atoms with Gasteiger partial charge < -0.3 is 5.32 Å². The quantitative estimate of drug-likeness (QED) is 0.776. The van der Waals surface area contributed by atoms with Crippen LogP contribution in [0.4, 0.5) is 0 Å². The summed E-state index contributed by atoms with van der Waals surface area (Å²) in [6.45, 7) is 1.93. The highest BCUT2D eigenvalue weighted by molar-refractivity contribution is 7.92. The minimum absolute atomic E-state index is 0.0629. The Balaban J connectivity index is 2.49. The predicted molar refractivity (Wildman–Crippen MR) is 59.2 cm³/mol. The molecule has 1 rings (SSSR count). The van der Waals surface area contributed by atoms with Gasteiger partial charge in [0.15, 0.2) is 9.84 Å². The van der Waals surface area contributed by atoms with Crippen LogP contribution < -0.4 is 5.32 Å². The number of sulfone groups is 1. The Labute approximate surface area is 87.2 Å². The summed E-state index contributed by atoms with van der Waals surface area (Å²) < 4.78 is 23.5. The van der Waals surface area contributed by atoms with Crippen LogP contribution in [0, 0.1) is 0 Å². The molecule has 14 heavy (non-hydrogen) atoms. The normalized spacial score (nSPS) is 29.0. The van der Waals surface area contributed by atoms with E-state index in [1.807, 2.05) is 14.0 Å². The summed E-state index contributed by atoms with van der Waals surface area (Å²) in [6, 6.07) is 0.531. The smallest absolute Gasteiger partial charge is 0.153 e. The van der Waals surface area contributed by atoms with Crippen molar-refractivity contribution in [3.63, 3.8) is 0 Å². The predicted octanol–water partition coefficient (Wildman–Crippen LogP) is 1.34. The Morgan fingerprint density at radius 1 is 1.21 bits per heavy atom. The second kappa shape index (κ2) is 5.12. The summed E-state index contributed by atoms with van der Waals surface area (Å²) in [7, 11) is -0.843. The van der Waals surface area contributed by atoms with Crippen LogP contribution in [0.25, 0.3) is 0 Å². The highest BCUT2D eigenvalue weighted by atomic mass is 32.2. The molecule has 1 aliphatic rings. The molecule has 0 spiro atoms. The molecule has 0 aromatic rings. The summed E-state index contributed by atoms with van der Waals surface area (Å²) in [4.78, 5) is 0. The van der Waals surface area contributed by atoms with Crippen molar-refractivity contribution in [2.75, 3.05) is 12.8 Å². The van der Waals surface area contributed by atoms with Crippen molar-refractivity contribution >= 4 is 9.84 Å². The van der Waals surface area contributed by atoms with Gasteiger partial charge in [0.2, 0.25) is 0 Å². The first kappa shape index (κ1) is 12.0. The van der Waals surface area contributed by atoms with Crippen molar-refractivity contribution in [3.05, 3.63) is 0 Å². The molecule has 0 bridgehead atoms. The van der Waals surface area contributed by atoms with E-state index in [9.17, 15) is 8.42 Å². The molecule has 0 atom stereocenters. The molecule has 0 amide bonds. The lowest BCUT2D eigenvalue weighted by Crippen LogP contribution is -2.36. The third kappa shape index (κ3) is 2.95. The minimum Gasteiger partial charge on any atom is -0.317 e. The van der Waals surface area contributed by atoms with E-state index in [-0.39, 0.29) is 5.25 Å². The largest absolute Gasteiger partial charge is 0.317 e. The van der Waals surface area contributed by atoms with Gasteiger partial charge in [0.05, 0.1) is 11.0 Å². The number of nitrogens with one attached hydrogen (secondary N) is 1. The van der Waals surface area contributed by atoms with Crippen molar-refractivity contribution in [1.82, 2.24) is 5.32 Å². The van der Waals surface area contributed by atoms with Gasteiger partial charge in [-0.3, -0.25) is 0 Å². The second-order valence-corrected chi connectivity index (χ2v) is 6.53. The van der Waals surface area contributed by atoms with Gasteiger partial charge >= 0.3 is 0 Å². The van der Waals surface area contributed by atoms with Gasteiger partial charge in [0.1, 0.15) is 0 Å². The highest BCUT2D eigenvalue weighted by Gasteiger charge is 2.29. The van der Waals surface area contributed by atoms with Crippen molar-refractivity contribution in [2.24, 2.45) is 0 Å². The molecule has 84 valence electrons. The monoisotopic (exact) mass is 219 g/mol. The lowest BCUT2D eigenvalue weighted by molar-refractivity contribution is 0.391. The molecule has 1 saturated carbocycles. The lowest BCUT2D eigenvalue weighted by atomic mass is 9.95. The molecule has 0 aromatic carbocycles. The van der Waals surface area contributed by atoms with Gasteiger partial charge in [-0.05, 0) is 39.2 Å². The molecular formula is C10H21NO2S. The average molecular weight is 219 g/mol. The zero-order chi connectivity index (χ0) is 10.6. The third-order valence-corrected chi connectivity index (χ3v) is 5.54. The summed E-state index contributed by atoms with van der Waals surface area (Å²) in [5, 5.41) is 3.15. The van der Waals surface area contributed by atoms with Crippen LogP contribution in [0.15, 0.2) is 0 Å².